The van der Waals surface area contributed by atoms with Gasteiger partial charge in [-0.3, -0.25) is 4.90 Å². The number of aromatic hydroxyl groups is 1. The Bertz CT molecular complexity index is 920. The zero-order chi connectivity index (χ0) is 19.9. The molecule has 4 rings (SSSR count). The van der Waals surface area contributed by atoms with E-state index in [1.54, 1.807) is 12.1 Å². The van der Waals surface area contributed by atoms with Crippen LogP contribution < -0.4 is 5.32 Å². The van der Waals surface area contributed by atoms with Crippen LogP contribution in [0.15, 0.2) is 60.8 Å². The Morgan fingerprint density at radius 3 is 2.72 bits per heavy atom. The minimum Gasteiger partial charge on any atom is -0.508 e. The molecule has 0 spiro atoms. The summed E-state index contributed by atoms with van der Waals surface area (Å²) < 4.78 is 0. The smallest absolute Gasteiger partial charge is 0.128 e. The molecule has 29 heavy (non-hydrogen) atoms. The van der Waals surface area contributed by atoms with Gasteiger partial charge < -0.3 is 10.4 Å². The summed E-state index contributed by atoms with van der Waals surface area (Å²) in [5.74, 6) is 1.18. The molecule has 1 fully saturated rings. The number of hydrogen-bond donors (Lipinski definition) is 2. The summed E-state index contributed by atoms with van der Waals surface area (Å²) in [5, 5.41) is 12.7. The molecule has 0 unspecified atom stereocenters. The first-order chi connectivity index (χ1) is 14.3. The van der Waals surface area contributed by atoms with Gasteiger partial charge in [0.05, 0.1) is 5.69 Å². The van der Waals surface area contributed by atoms with Gasteiger partial charge in [0.25, 0.3) is 0 Å². The Labute approximate surface area is 172 Å². The van der Waals surface area contributed by atoms with Crippen molar-refractivity contribution in [2.75, 3.05) is 19.6 Å². The number of aryl methyl sites for hydroxylation is 2. The summed E-state index contributed by atoms with van der Waals surface area (Å²) in [6.07, 6.45) is 4.62. The molecular formula is C24H27N4O. The highest BCUT2D eigenvalue weighted by Gasteiger charge is 2.11. The molecule has 5 nitrogen and oxygen atoms in total. The lowest BCUT2D eigenvalue weighted by molar-refractivity contribution is 0.286. The van der Waals surface area contributed by atoms with Crippen molar-refractivity contribution >= 4 is 0 Å². The molecule has 0 atom stereocenters. The van der Waals surface area contributed by atoms with E-state index in [1.807, 2.05) is 24.4 Å². The van der Waals surface area contributed by atoms with E-state index >= 15 is 0 Å². The van der Waals surface area contributed by atoms with Crippen molar-refractivity contribution in [2.45, 2.75) is 25.8 Å². The fourth-order valence-corrected chi connectivity index (χ4v) is 3.61. The van der Waals surface area contributed by atoms with E-state index in [-0.39, 0.29) is 0 Å². The maximum absolute atomic E-state index is 9.38. The van der Waals surface area contributed by atoms with Crippen LogP contribution in [0.3, 0.4) is 0 Å². The third-order valence-electron chi connectivity index (χ3n) is 5.19. The fraction of sp³-hybridized carbons (Fsp3) is 0.292. The van der Waals surface area contributed by atoms with Crippen LogP contribution >= 0.6 is 0 Å². The number of nitrogens with one attached hydrogen (secondary N) is 1. The Balaban J connectivity index is 1.38. The maximum atomic E-state index is 9.38. The average molecular weight is 388 g/mol. The zero-order valence-corrected chi connectivity index (χ0v) is 16.6. The predicted octanol–water partition coefficient (Wildman–Crippen LogP) is 3.59. The number of rotatable bonds is 7. The van der Waals surface area contributed by atoms with Gasteiger partial charge in [-0.2, -0.15) is 0 Å². The molecule has 1 aliphatic heterocycles. The van der Waals surface area contributed by atoms with Gasteiger partial charge in [-0.1, -0.05) is 30.3 Å². The number of phenolic OH excluding ortho intramolecular Hbond substituents is 1. The number of nitrogens with zero attached hydrogens (tertiary/aromatic N) is 3. The lowest BCUT2D eigenvalue weighted by atomic mass is 10.1. The van der Waals surface area contributed by atoms with Gasteiger partial charge in [0.15, 0.2) is 0 Å². The van der Waals surface area contributed by atoms with Crippen molar-refractivity contribution in [2.24, 2.45) is 0 Å². The molecule has 0 aliphatic carbocycles. The molecular weight excluding hydrogens is 360 g/mol. The quantitative estimate of drug-likeness (QED) is 0.649. The molecule has 2 N–H and O–H groups in total. The first kappa shape index (κ1) is 19.6. The number of phenols is 1. The van der Waals surface area contributed by atoms with Crippen molar-refractivity contribution in [3.63, 3.8) is 0 Å². The number of benzene rings is 2. The van der Waals surface area contributed by atoms with Crippen LogP contribution in [0.2, 0.25) is 0 Å². The Morgan fingerprint density at radius 1 is 1.00 bits per heavy atom. The van der Waals surface area contributed by atoms with E-state index in [0.29, 0.717) is 5.75 Å². The molecule has 0 bridgehead atoms. The van der Waals surface area contributed by atoms with Crippen molar-refractivity contribution < 1.29 is 5.11 Å². The van der Waals surface area contributed by atoms with Crippen LogP contribution in [0.4, 0.5) is 0 Å². The first-order valence-electron chi connectivity index (χ1n) is 10.2. The van der Waals surface area contributed by atoms with E-state index in [9.17, 15) is 5.11 Å². The minimum absolute atomic E-state index is 0.307. The normalized spacial score (nSPS) is 14.8. The van der Waals surface area contributed by atoms with Crippen LogP contribution in [0.5, 0.6) is 5.75 Å². The zero-order valence-electron chi connectivity index (χ0n) is 16.6. The Morgan fingerprint density at radius 2 is 1.90 bits per heavy atom. The fourth-order valence-electron chi connectivity index (χ4n) is 3.61. The predicted molar refractivity (Wildman–Crippen MR) is 115 cm³/mol. The number of aromatic nitrogens is 2. The minimum atomic E-state index is 0.307. The van der Waals surface area contributed by atoms with Gasteiger partial charge in [-0.15, -0.1) is 0 Å². The molecule has 2 heterocycles. The molecule has 1 aliphatic rings. The lowest BCUT2D eigenvalue weighted by Gasteiger charge is -2.26. The maximum Gasteiger partial charge on any atom is 0.128 e. The molecule has 0 saturated carbocycles. The summed E-state index contributed by atoms with van der Waals surface area (Å²) in [6.45, 7) is 6.19. The largest absolute Gasteiger partial charge is 0.508 e. The summed E-state index contributed by atoms with van der Waals surface area (Å²) in [6, 6.07) is 18.0. The molecule has 1 saturated heterocycles. The average Bonchev–Trinajstić information content (AvgIpc) is 2.76. The Kier molecular flexibility index (Phi) is 6.49. The van der Waals surface area contributed by atoms with Crippen molar-refractivity contribution in [1.29, 1.82) is 0 Å². The van der Waals surface area contributed by atoms with E-state index in [0.717, 1.165) is 62.5 Å². The standard InChI is InChI=1S/C24H27N4O/c29-22-9-7-19(8-10-22)3-2-6-24-26-12-11-23(27-24)21-5-1-4-20(17-21)18-28-15-13-25-14-16-28/h1,4-5,7-12,15,17,25,29H,2-3,6,13-14,16,18H2. The summed E-state index contributed by atoms with van der Waals surface area (Å²) in [5.41, 5.74) is 4.63. The summed E-state index contributed by atoms with van der Waals surface area (Å²) in [7, 11) is 0. The Hall–Kier alpha value is -2.76. The van der Waals surface area contributed by atoms with Crippen LogP contribution in [0.25, 0.3) is 11.3 Å². The molecule has 5 heteroatoms. The molecule has 1 aromatic heterocycles. The highest BCUT2D eigenvalue weighted by molar-refractivity contribution is 5.59. The highest BCUT2D eigenvalue weighted by atomic mass is 16.3. The van der Waals surface area contributed by atoms with Crippen LogP contribution in [0.1, 0.15) is 23.4 Å². The van der Waals surface area contributed by atoms with Gasteiger partial charge in [-0.05, 0) is 48.2 Å². The highest BCUT2D eigenvalue weighted by Crippen LogP contribution is 2.20. The molecule has 149 valence electrons. The van der Waals surface area contributed by atoms with Gasteiger partial charge >= 0.3 is 0 Å². The molecule has 0 amide bonds. The van der Waals surface area contributed by atoms with Crippen molar-refractivity contribution in [3.05, 3.63) is 84.3 Å². The summed E-state index contributed by atoms with van der Waals surface area (Å²) >= 11 is 0. The van der Waals surface area contributed by atoms with Gasteiger partial charge in [0.1, 0.15) is 11.6 Å². The topological polar surface area (TPSA) is 61.3 Å². The first-order valence-corrected chi connectivity index (χ1v) is 10.2. The molecule has 1 radical (unpaired) electrons. The SMILES string of the molecule is Oc1ccc(CCCc2nccc(-c3cccc(CN4[CH]CNCC4)c3)n2)cc1. The van der Waals surface area contributed by atoms with Crippen LogP contribution in [-0.2, 0) is 19.4 Å². The monoisotopic (exact) mass is 387 g/mol. The van der Waals surface area contributed by atoms with Gasteiger partial charge in [0, 0.05) is 50.9 Å². The van der Waals surface area contributed by atoms with Crippen LogP contribution in [0, 0.1) is 6.54 Å². The van der Waals surface area contributed by atoms with Crippen molar-refractivity contribution in [3.8, 4) is 17.0 Å². The third kappa shape index (κ3) is 5.62. The van der Waals surface area contributed by atoms with Crippen LogP contribution in [-0.4, -0.2) is 39.6 Å². The lowest BCUT2D eigenvalue weighted by Crippen LogP contribution is -2.39. The second-order valence-electron chi connectivity index (χ2n) is 7.44. The van der Waals surface area contributed by atoms with E-state index < -0.39 is 0 Å². The number of hydrogen-bond acceptors (Lipinski definition) is 5. The second kappa shape index (κ2) is 9.63. The number of piperazine rings is 1. The molecule has 2 aromatic carbocycles. The van der Waals surface area contributed by atoms with E-state index in [2.05, 4.69) is 46.0 Å². The third-order valence-corrected chi connectivity index (χ3v) is 5.19. The van der Waals surface area contributed by atoms with E-state index in [1.165, 1.54) is 11.1 Å². The van der Waals surface area contributed by atoms with E-state index in [4.69, 9.17) is 4.98 Å². The molecule has 3 aromatic rings. The van der Waals surface area contributed by atoms with Gasteiger partial charge in [-0.25, -0.2) is 9.97 Å². The van der Waals surface area contributed by atoms with Gasteiger partial charge in [0.2, 0.25) is 0 Å². The summed E-state index contributed by atoms with van der Waals surface area (Å²) in [4.78, 5) is 11.6. The second-order valence-corrected chi connectivity index (χ2v) is 7.44. The van der Waals surface area contributed by atoms with Crippen molar-refractivity contribution in [1.82, 2.24) is 20.2 Å².